The molecule has 2 amide bonds. The van der Waals surface area contributed by atoms with Gasteiger partial charge >= 0.3 is 6.18 Å². The molecule has 0 aromatic heterocycles. The van der Waals surface area contributed by atoms with E-state index >= 15 is 0 Å². The molecule has 0 aliphatic carbocycles. The molecule has 1 unspecified atom stereocenters. The van der Waals surface area contributed by atoms with Crippen molar-refractivity contribution in [2.75, 3.05) is 6.54 Å². The van der Waals surface area contributed by atoms with Crippen LogP contribution in [-0.4, -0.2) is 34.4 Å². The van der Waals surface area contributed by atoms with Gasteiger partial charge in [-0.2, -0.15) is 13.2 Å². The molecule has 1 atom stereocenters. The van der Waals surface area contributed by atoms with E-state index in [4.69, 9.17) is 11.6 Å². The topological polar surface area (TPSA) is 69.6 Å². The van der Waals surface area contributed by atoms with Crippen molar-refractivity contribution in [1.82, 2.24) is 10.2 Å². The van der Waals surface area contributed by atoms with E-state index in [1.54, 1.807) is 0 Å². The number of likely N-dealkylation sites (tertiary alicyclic amines) is 1. The van der Waals surface area contributed by atoms with E-state index in [0.717, 1.165) is 6.07 Å². The minimum Gasteiger partial charge on any atom is -0.507 e. The fourth-order valence-electron chi connectivity index (χ4n) is 3.28. The van der Waals surface area contributed by atoms with E-state index in [-0.39, 0.29) is 47.3 Å². The number of phenols is 1. The van der Waals surface area contributed by atoms with Crippen LogP contribution in [0.2, 0.25) is 5.02 Å². The van der Waals surface area contributed by atoms with Crippen LogP contribution in [0, 0.1) is 0 Å². The third-order valence-electron chi connectivity index (χ3n) is 4.72. The number of rotatable bonds is 4. The number of amides is 2. The summed E-state index contributed by atoms with van der Waals surface area (Å²) in [7, 11) is 0. The van der Waals surface area contributed by atoms with Crippen LogP contribution in [0.1, 0.15) is 34.3 Å². The summed E-state index contributed by atoms with van der Waals surface area (Å²) in [5.74, 6) is -1.09. The smallest absolute Gasteiger partial charge is 0.416 e. The van der Waals surface area contributed by atoms with Gasteiger partial charge in [0, 0.05) is 30.6 Å². The van der Waals surface area contributed by atoms with Gasteiger partial charge in [-0.1, -0.05) is 29.8 Å². The predicted octanol–water partition coefficient (Wildman–Crippen LogP) is 3.99. The van der Waals surface area contributed by atoms with Gasteiger partial charge in [0.05, 0.1) is 11.1 Å². The Hall–Kier alpha value is -2.74. The van der Waals surface area contributed by atoms with Crippen molar-refractivity contribution in [2.45, 2.75) is 31.6 Å². The summed E-state index contributed by atoms with van der Waals surface area (Å²) >= 11 is 5.85. The SMILES string of the molecule is O=C(NC1CCC(=O)N(Cc2ccccc2C(F)(F)F)C1)c1cc(Cl)ccc1O. The van der Waals surface area contributed by atoms with Crippen LogP contribution >= 0.6 is 11.6 Å². The Morgan fingerprint density at radius 1 is 1.24 bits per heavy atom. The van der Waals surface area contributed by atoms with E-state index in [1.807, 2.05) is 0 Å². The number of carbonyl (C=O) groups excluding carboxylic acids is 2. The summed E-state index contributed by atoms with van der Waals surface area (Å²) in [6.07, 6.45) is -4.07. The molecule has 1 saturated heterocycles. The molecule has 154 valence electrons. The van der Waals surface area contributed by atoms with Gasteiger partial charge in [0.1, 0.15) is 5.75 Å². The van der Waals surface area contributed by atoms with E-state index in [1.165, 1.54) is 41.3 Å². The number of aromatic hydroxyl groups is 1. The van der Waals surface area contributed by atoms with E-state index in [9.17, 15) is 27.9 Å². The summed E-state index contributed by atoms with van der Waals surface area (Å²) in [6, 6.07) is 8.68. The van der Waals surface area contributed by atoms with E-state index in [2.05, 4.69) is 5.32 Å². The van der Waals surface area contributed by atoms with Gasteiger partial charge in [-0.05, 0) is 36.2 Å². The lowest BCUT2D eigenvalue weighted by Gasteiger charge is -2.33. The maximum absolute atomic E-state index is 13.2. The minimum absolute atomic E-state index is 0.00666. The number of alkyl halides is 3. The van der Waals surface area contributed by atoms with Gasteiger partial charge in [0.2, 0.25) is 5.91 Å². The highest BCUT2D eigenvalue weighted by atomic mass is 35.5. The number of phenolic OH excluding ortho intramolecular Hbond substituents is 1. The molecule has 0 saturated carbocycles. The number of hydrogen-bond acceptors (Lipinski definition) is 3. The van der Waals surface area contributed by atoms with Crippen LogP contribution < -0.4 is 5.32 Å². The maximum atomic E-state index is 13.2. The van der Waals surface area contributed by atoms with Crippen molar-refractivity contribution >= 4 is 23.4 Å². The lowest BCUT2D eigenvalue weighted by Crippen LogP contribution is -2.49. The summed E-state index contributed by atoms with van der Waals surface area (Å²) in [5, 5.41) is 12.8. The monoisotopic (exact) mass is 426 g/mol. The zero-order chi connectivity index (χ0) is 21.2. The Bertz CT molecular complexity index is 933. The molecule has 0 radical (unpaired) electrons. The summed E-state index contributed by atoms with van der Waals surface area (Å²) < 4.78 is 39.6. The first kappa shape index (κ1) is 21.0. The molecule has 0 spiro atoms. The van der Waals surface area contributed by atoms with E-state index in [0.29, 0.717) is 6.42 Å². The second kappa shape index (κ2) is 8.32. The standard InChI is InChI=1S/C20H18ClF3N2O3/c21-13-5-7-17(27)15(9-13)19(29)25-14-6-8-18(28)26(11-14)10-12-3-1-2-4-16(12)20(22,23)24/h1-5,7,9,14,27H,6,8,10-11H2,(H,25,29). The highest BCUT2D eigenvalue weighted by Gasteiger charge is 2.34. The van der Waals surface area contributed by atoms with Gasteiger partial charge in [-0.25, -0.2) is 0 Å². The molecule has 2 aromatic rings. The van der Waals surface area contributed by atoms with Crippen molar-refractivity contribution < 1.29 is 27.9 Å². The van der Waals surface area contributed by atoms with Gasteiger partial charge in [0.25, 0.3) is 5.91 Å². The van der Waals surface area contributed by atoms with Crippen LogP contribution in [0.5, 0.6) is 5.75 Å². The average molecular weight is 427 g/mol. The van der Waals surface area contributed by atoms with E-state index < -0.39 is 23.7 Å². The van der Waals surface area contributed by atoms with Crippen LogP contribution in [0.25, 0.3) is 0 Å². The molecule has 1 fully saturated rings. The first-order valence-electron chi connectivity index (χ1n) is 8.87. The lowest BCUT2D eigenvalue weighted by molar-refractivity contribution is -0.140. The number of halogens is 4. The fraction of sp³-hybridized carbons (Fsp3) is 0.300. The molecule has 1 heterocycles. The summed E-state index contributed by atoms with van der Waals surface area (Å²) in [6.45, 7) is -0.138. The van der Waals surface area contributed by atoms with Crippen LogP contribution in [0.15, 0.2) is 42.5 Å². The number of piperidine rings is 1. The van der Waals surface area contributed by atoms with Crippen molar-refractivity contribution in [1.29, 1.82) is 0 Å². The summed E-state index contributed by atoms with van der Waals surface area (Å²) in [4.78, 5) is 26.0. The predicted molar refractivity (Wildman–Crippen MR) is 100 cm³/mol. The largest absolute Gasteiger partial charge is 0.507 e. The van der Waals surface area contributed by atoms with Crippen LogP contribution in [-0.2, 0) is 17.5 Å². The number of carbonyl (C=O) groups is 2. The highest BCUT2D eigenvalue weighted by Crippen LogP contribution is 2.33. The molecule has 2 N–H and O–H groups in total. The Balaban J connectivity index is 1.72. The third-order valence-corrected chi connectivity index (χ3v) is 4.96. The Morgan fingerprint density at radius 2 is 1.97 bits per heavy atom. The lowest BCUT2D eigenvalue weighted by atomic mass is 10.0. The first-order valence-corrected chi connectivity index (χ1v) is 9.25. The van der Waals surface area contributed by atoms with Gasteiger partial charge < -0.3 is 15.3 Å². The molecule has 1 aliphatic rings. The van der Waals surface area contributed by atoms with Gasteiger partial charge in [0.15, 0.2) is 0 Å². The number of benzene rings is 2. The number of nitrogens with zero attached hydrogens (tertiary/aromatic N) is 1. The van der Waals surface area contributed by atoms with Gasteiger partial charge in [-0.3, -0.25) is 9.59 Å². The number of hydrogen-bond donors (Lipinski definition) is 2. The number of nitrogens with one attached hydrogen (secondary N) is 1. The molecule has 29 heavy (non-hydrogen) atoms. The molecule has 5 nitrogen and oxygen atoms in total. The second-order valence-corrected chi connectivity index (χ2v) is 7.24. The zero-order valence-corrected chi connectivity index (χ0v) is 15.9. The zero-order valence-electron chi connectivity index (χ0n) is 15.2. The Labute approximate surface area is 170 Å². The van der Waals surface area contributed by atoms with Gasteiger partial charge in [-0.15, -0.1) is 0 Å². The fourth-order valence-corrected chi connectivity index (χ4v) is 3.45. The Morgan fingerprint density at radius 3 is 2.69 bits per heavy atom. The quantitative estimate of drug-likeness (QED) is 0.776. The summed E-state index contributed by atoms with van der Waals surface area (Å²) in [5.41, 5.74) is -0.806. The van der Waals surface area contributed by atoms with Crippen molar-refractivity contribution in [2.24, 2.45) is 0 Å². The molecular weight excluding hydrogens is 409 g/mol. The Kier molecular flexibility index (Phi) is 6.02. The van der Waals surface area contributed by atoms with Crippen LogP contribution in [0.4, 0.5) is 13.2 Å². The minimum atomic E-state index is -4.52. The van der Waals surface area contributed by atoms with Crippen molar-refractivity contribution in [3.63, 3.8) is 0 Å². The average Bonchev–Trinajstić information content (AvgIpc) is 2.66. The maximum Gasteiger partial charge on any atom is 0.416 e. The van der Waals surface area contributed by atoms with Crippen LogP contribution in [0.3, 0.4) is 0 Å². The van der Waals surface area contributed by atoms with Crippen molar-refractivity contribution in [3.05, 3.63) is 64.2 Å². The molecular formula is C20H18ClF3N2O3. The normalized spacial score (nSPS) is 17.3. The molecule has 1 aliphatic heterocycles. The molecule has 9 heteroatoms. The first-order chi connectivity index (χ1) is 13.6. The molecule has 2 aromatic carbocycles. The van der Waals surface area contributed by atoms with Crippen molar-refractivity contribution in [3.8, 4) is 5.75 Å². The molecule has 0 bridgehead atoms. The highest BCUT2D eigenvalue weighted by molar-refractivity contribution is 6.31. The molecule has 3 rings (SSSR count). The second-order valence-electron chi connectivity index (χ2n) is 6.80. The third kappa shape index (κ3) is 5.00.